The van der Waals surface area contributed by atoms with Gasteiger partial charge in [0.2, 0.25) is 0 Å². The number of benzene rings is 1. The summed E-state index contributed by atoms with van der Waals surface area (Å²) in [4.78, 5) is 15.9. The van der Waals surface area contributed by atoms with Crippen LogP contribution in [0.25, 0.3) is 0 Å². The smallest absolute Gasteiger partial charge is 0.255 e. The first-order valence-electron chi connectivity index (χ1n) is 6.61. The van der Waals surface area contributed by atoms with Crippen molar-refractivity contribution in [1.82, 2.24) is 4.90 Å². The Morgan fingerprint density at radius 2 is 1.83 bits per heavy atom. The summed E-state index contributed by atoms with van der Waals surface area (Å²) in [6.07, 6.45) is 5.50. The van der Waals surface area contributed by atoms with E-state index in [9.17, 15) is 4.79 Å². The van der Waals surface area contributed by atoms with Crippen molar-refractivity contribution in [3.05, 3.63) is 29.8 Å². The van der Waals surface area contributed by atoms with Crippen LogP contribution in [0.5, 0.6) is 0 Å². The summed E-state index contributed by atoms with van der Waals surface area (Å²) in [5.74, 6) is 0.194. The van der Waals surface area contributed by atoms with Crippen LogP contribution < -0.4 is 0 Å². The maximum atomic E-state index is 12.7. The molecule has 2 nitrogen and oxygen atoms in total. The molecule has 2 atom stereocenters. The zero-order chi connectivity index (χ0) is 13.1. The molecule has 98 valence electrons. The van der Waals surface area contributed by atoms with Gasteiger partial charge in [0.25, 0.3) is 5.91 Å². The topological polar surface area (TPSA) is 20.3 Å². The minimum Gasteiger partial charge on any atom is -0.333 e. The summed E-state index contributed by atoms with van der Waals surface area (Å²) in [6.45, 7) is 4.32. The lowest BCUT2D eigenvalue weighted by Gasteiger charge is -2.39. The molecule has 1 fully saturated rings. The second-order valence-corrected chi connectivity index (χ2v) is 5.89. The van der Waals surface area contributed by atoms with E-state index in [0.29, 0.717) is 12.1 Å². The molecule has 0 unspecified atom stereocenters. The van der Waals surface area contributed by atoms with Gasteiger partial charge < -0.3 is 4.90 Å². The van der Waals surface area contributed by atoms with Crippen LogP contribution in [0.15, 0.2) is 29.2 Å². The van der Waals surface area contributed by atoms with Gasteiger partial charge in [0.1, 0.15) is 0 Å². The maximum Gasteiger partial charge on any atom is 0.255 e. The minimum absolute atomic E-state index is 0.194. The van der Waals surface area contributed by atoms with Gasteiger partial charge in [0, 0.05) is 17.0 Å². The summed E-state index contributed by atoms with van der Waals surface area (Å²) in [5, 5.41) is 0. The molecule has 0 bridgehead atoms. The molecule has 0 aliphatic carbocycles. The van der Waals surface area contributed by atoms with Gasteiger partial charge in [-0.2, -0.15) is 0 Å². The summed E-state index contributed by atoms with van der Waals surface area (Å²) in [7, 11) is 0. The van der Waals surface area contributed by atoms with Gasteiger partial charge in [-0.25, -0.2) is 0 Å². The predicted octanol–water partition coefficient (Wildman–Crippen LogP) is 3.81. The van der Waals surface area contributed by atoms with Crippen molar-refractivity contribution in [3.63, 3.8) is 0 Å². The first kappa shape index (κ1) is 13.5. The van der Waals surface area contributed by atoms with Crippen LogP contribution in [0.3, 0.4) is 0 Å². The van der Waals surface area contributed by atoms with Crippen LogP contribution in [0.1, 0.15) is 43.5 Å². The molecule has 0 spiro atoms. The van der Waals surface area contributed by atoms with Crippen molar-refractivity contribution in [2.24, 2.45) is 0 Å². The van der Waals surface area contributed by atoms with Gasteiger partial charge in [-0.05, 0) is 51.5 Å². The van der Waals surface area contributed by atoms with Gasteiger partial charge in [-0.15, -0.1) is 11.8 Å². The fraction of sp³-hybridized carbons (Fsp3) is 0.533. The fourth-order valence-corrected chi connectivity index (χ4v) is 3.37. The van der Waals surface area contributed by atoms with Crippen molar-refractivity contribution in [3.8, 4) is 0 Å². The van der Waals surface area contributed by atoms with E-state index in [4.69, 9.17) is 0 Å². The zero-order valence-electron chi connectivity index (χ0n) is 11.3. The quantitative estimate of drug-likeness (QED) is 0.756. The number of rotatable bonds is 2. The van der Waals surface area contributed by atoms with Crippen molar-refractivity contribution in [2.45, 2.75) is 50.1 Å². The molecule has 3 heteroatoms. The highest BCUT2D eigenvalue weighted by molar-refractivity contribution is 7.98. The van der Waals surface area contributed by atoms with E-state index in [1.165, 1.54) is 6.42 Å². The Morgan fingerprint density at radius 1 is 1.22 bits per heavy atom. The monoisotopic (exact) mass is 263 g/mol. The number of piperidine rings is 1. The number of thioether (sulfide) groups is 1. The SMILES string of the molecule is CSc1ccccc1C(=O)N1[C@H](C)CCC[C@@H]1C. The van der Waals surface area contributed by atoms with Crippen molar-refractivity contribution in [2.75, 3.05) is 6.26 Å². The molecule has 0 radical (unpaired) electrons. The molecule has 1 heterocycles. The van der Waals surface area contributed by atoms with E-state index in [2.05, 4.69) is 18.7 Å². The number of carbonyl (C=O) groups excluding carboxylic acids is 1. The van der Waals surface area contributed by atoms with Crippen LogP contribution in [-0.4, -0.2) is 29.1 Å². The Balaban J connectivity index is 2.29. The number of hydrogen-bond donors (Lipinski definition) is 0. The van der Waals surface area contributed by atoms with Gasteiger partial charge in [0.05, 0.1) is 5.56 Å². The Hall–Kier alpha value is -0.960. The fourth-order valence-electron chi connectivity index (χ4n) is 2.78. The maximum absolute atomic E-state index is 12.7. The first-order chi connectivity index (χ1) is 8.65. The second kappa shape index (κ2) is 5.79. The molecule has 0 N–H and O–H groups in total. The van der Waals surface area contributed by atoms with E-state index in [-0.39, 0.29) is 5.91 Å². The van der Waals surface area contributed by atoms with Gasteiger partial charge >= 0.3 is 0 Å². The highest BCUT2D eigenvalue weighted by atomic mass is 32.2. The molecular weight excluding hydrogens is 242 g/mol. The van der Waals surface area contributed by atoms with Crippen LogP contribution in [0.2, 0.25) is 0 Å². The highest BCUT2D eigenvalue weighted by Crippen LogP contribution is 2.28. The van der Waals surface area contributed by atoms with E-state index >= 15 is 0 Å². The number of carbonyl (C=O) groups is 1. The van der Waals surface area contributed by atoms with Crippen LogP contribution in [0.4, 0.5) is 0 Å². The second-order valence-electron chi connectivity index (χ2n) is 5.04. The molecular formula is C15H21NOS. The summed E-state index contributed by atoms with van der Waals surface area (Å²) in [6, 6.07) is 8.63. The highest BCUT2D eigenvalue weighted by Gasteiger charge is 2.30. The summed E-state index contributed by atoms with van der Waals surface area (Å²) < 4.78 is 0. The number of nitrogens with zero attached hydrogens (tertiary/aromatic N) is 1. The molecule has 0 aromatic heterocycles. The van der Waals surface area contributed by atoms with Crippen LogP contribution in [-0.2, 0) is 0 Å². The minimum atomic E-state index is 0.194. The third-order valence-electron chi connectivity index (χ3n) is 3.77. The Kier molecular flexibility index (Phi) is 4.33. The molecule has 1 aliphatic heterocycles. The van der Waals surface area contributed by atoms with Crippen LogP contribution >= 0.6 is 11.8 Å². The molecule has 1 aromatic carbocycles. The number of amides is 1. The van der Waals surface area contributed by atoms with E-state index in [0.717, 1.165) is 23.3 Å². The van der Waals surface area contributed by atoms with Crippen molar-refractivity contribution < 1.29 is 4.79 Å². The van der Waals surface area contributed by atoms with Crippen molar-refractivity contribution >= 4 is 17.7 Å². The zero-order valence-corrected chi connectivity index (χ0v) is 12.2. The lowest BCUT2D eigenvalue weighted by atomic mass is 9.96. The average Bonchev–Trinajstić information content (AvgIpc) is 2.38. The first-order valence-corrected chi connectivity index (χ1v) is 7.83. The molecule has 1 aromatic rings. The third kappa shape index (κ3) is 2.56. The van der Waals surface area contributed by atoms with Gasteiger partial charge in [-0.1, -0.05) is 12.1 Å². The lowest BCUT2D eigenvalue weighted by molar-refractivity contribution is 0.0507. The van der Waals surface area contributed by atoms with E-state index in [1.54, 1.807) is 11.8 Å². The molecule has 0 saturated carbocycles. The average molecular weight is 263 g/mol. The van der Waals surface area contributed by atoms with Crippen LogP contribution in [0, 0.1) is 0 Å². The Bertz CT molecular complexity index is 422. The van der Waals surface area contributed by atoms with Gasteiger partial charge in [-0.3, -0.25) is 4.79 Å². The van der Waals surface area contributed by atoms with E-state index < -0.39 is 0 Å². The third-order valence-corrected chi connectivity index (χ3v) is 4.56. The Labute approximate surface area is 114 Å². The Morgan fingerprint density at radius 3 is 2.44 bits per heavy atom. The number of likely N-dealkylation sites (tertiary alicyclic amines) is 1. The normalized spacial score (nSPS) is 24.1. The molecule has 2 rings (SSSR count). The lowest BCUT2D eigenvalue weighted by Crippen LogP contribution is -2.47. The standard InChI is InChI=1S/C15H21NOS/c1-11-7-6-8-12(2)16(11)15(17)13-9-4-5-10-14(13)18-3/h4-5,9-12H,6-8H2,1-3H3/t11-,12+. The molecule has 18 heavy (non-hydrogen) atoms. The summed E-state index contributed by atoms with van der Waals surface area (Å²) in [5.41, 5.74) is 0.852. The van der Waals surface area contributed by atoms with E-state index in [1.807, 2.05) is 30.5 Å². The molecule has 1 amide bonds. The van der Waals surface area contributed by atoms with Crippen molar-refractivity contribution in [1.29, 1.82) is 0 Å². The molecule has 1 aliphatic rings. The van der Waals surface area contributed by atoms with Gasteiger partial charge in [0.15, 0.2) is 0 Å². The predicted molar refractivity (Wildman–Crippen MR) is 77.2 cm³/mol. The summed E-state index contributed by atoms with van der Waals surface area (Å²) >= 11 is 1.64. The molecule has 1 saturated heterocycles. The number of hydrogen-bond acceptors (Lipinski definition) is 2. The largest absolute Gasteiger partial charge is 0.333 e.